The molecule has 0 amide bonds. The lowest BCUT2D eigenvalue weighted by molar-refractivity contribution is 0.0690. The Bertz CT molecular complexity index is 499. The Hall–Kier alpha value is -1.89. The van der Waals surface area contributed by atoms with Gasteiger partial charge in [-0.15, -0.1) is 0 Å². The van der Waals surface area contributed by atoms with Crippen LogP contribution in [-0.2, 0) is 0 Å². The minimum Gasteiger partial charge on any atom is -0.478 e. The molecule has 1 fully saturated rings. The predicted octanol–water partition coefficient (Wildman–Crippen LogP) is 3.05. The molecule has 0 heterocycles. The van der Waals surface area contributed by atoms with Crippen molar-refractivity contribution in [1.82, 2.24) is 0 Å². The highest BCUT2D eigenvalue weighted by Gasteiger charge is 2.26. The second-order valence-corrected chi connectivity index (χ2v) is 4.29. The Morgan fingerprint density at radius 1 is 1.41 bits per heavy atom. The highest BCUT2D eigenvalue weighted by Crippen LogP contribution is 2.37. The first-order valence-corrected chi connectivity index (χ1v) is 5.61. The number of halogens is 1. The van der Waals surface area contributed by atoms with E-state index < -0.39 is 11.8 Å². The van der Waals surface area contributed by atoms with E-state index in [2.05, 4.69) is 0 Å². The standard InChI is InChI=1S/C13H12FNO2/c14-12-9(7-15)5-6-10(11(12)13(16)17)8-3-1-2-4-8/h5-6,8H,1-4H2,(H,16,17). The molecule has 0 unspecified atom stereocenters. The zero-order valence-corrected chi connectivity index (χ0v) is 9.24. The summed E-state index contributed by atoms with van der Waals surface area (Å²) in [6.45, 7) is 0. The minimum absolute atomic E-state index is 0.114. The zero-order valence-electron chi connectivity index (χ0n) is 9.24. The fourth-order valence-electron chi connectivity index (χ4n) is 2.47. The number of hydrogen-bond donors (Lipinski definition) is 1. The first-order valence-electron chi connectivity index (χ1n) is 5.61. The number of benzene rings is 1. The third-order valence-electron chi connectivity index (χ3n) is 3.30. The summed E-state index contributed by atoms with van der Waals surface area (Å²) in [5.74, 6) is -2.07. The maximum atomic E-state index is 13.8. The molecule has 1 N–H and O–H groups in total. The number of nitriles is 1. The molecule has 3 nitrogen and oxygen atoms in total. The Kier molecular flexibility index (Phi) is 3.10. The topological polar surface area (TPSA) is 61.1 Å². The number of carbonyl (C=O) groups is 1. The summed E-state index contributed by atoms with van der Waals surface area (Å²) in [5, 5.41) is 17.8. The molecule has 0 bridgehead atoms. The number of hydrogen-bond acceptors (Lipinski definition) is 2. The summed E-state index contributed by atoms with van der Waals surface area (Å²) < 4.78 is 13.8. The Balaban J connectivity index is 2.56. The van der Waals surface area contributed by atoms with Crippen molar-refractivity contribution >= 4 is 5.97 Å². The van der Waals surface area contributed by atoms with Crippen LogP contribution in [0, 0.1) is 17.1 Å². The molecule has 17 heavy (non-hydrogen) atoms. The highest BCUT2D eigenvalue weighted by molar-refractivity contribution is 5.90. The molecule has 0 aromatic heterocycles. The number of aromatic carboxylic acids is 1. The summed E-state index contributed by atoms with van der Waals surface area (Å²) in [6.07, 6.45) is 3.88. The van der Waals surface area contributed by atoms with Crippen LogP contribution < -0.4 is 0 Å². The summed E-state index contributed by atoms with van der Waals surface area (Å²) in [7, 11) is 0. The smallest absolute Gasteiger partial charge is 0.339 e. The summed E-state index contributed by atoms with van der Waals surface area (Å²) in [5.41, 5.74) is 0.00611. The van der Waals surface area contributed by atoms with Gasteiger partial charge in [-0.25, -0.2) is 9.18 Å². The van der Waals surface area contributed by atoms with Gasteiger partial charge in [-0.1, -0.05) is 18.9 Å². The van der Waals surface area contributed by atoms with Gasteiger partial charge >= 0.3 is 5.97 Å². The van der Waals surface area contributed by atoms with Crippen LogP contribution in [0.5, 0.6) is 0 Å². The van der Waals surface area contributed by atoms with Crippen molar-refractivity contribution in [1.29, 1.82) is 5.26 Å². The van der Waals surface area contributed by atoms with Crippen molar-refractivity contribution in [3.05, 3.63) is 34.6 Å². The summed E-state index contributed by atoms with van der Waals surface area (Å²) >= 11 is 0. The lowest BCUT2D eigenvalue weighted by Crippen LogP contribution is -2.10. The molecule has 1 aliphatic carbocycles. The minimum atomic E-state index is -1.29. The molecule has 1 aromatic rings. The molecule has 0 atom stereocenters. The Labute approximate surface area is 98.5 Å². The number of carboxylic acids is 1. The molecule has 0 aliphatic heterocycles. The van der Waals surface area contributed by atoms with Crippen molar-refractivity contribution in [3.8, 4) is 6.07 Å². The second-order valence-electron chi connectivity index (χ2n) is 4.29. The fraction of sp³-hybridized carbons (Fsp3) is 0.385. The molecular formula is C13H12FNO2. The van der Waals surface area contributed by atoms with E-state index in [4.69, 9.17) is 10.4 Å². The number of nitrogens with zero attached hydrogens (tertiary/aromatic N) is 1. The SMILES string of the molecule is N#Cc1ccc(C2CCCC2)c(C(=O)O)c1F. The van der Waals surface area contributed by atoms with Crippen LogP contribution in [0.1, 0.15) is 53.1 Å². The molecule has 1 saturated carbocycles. The molecule has 0 spiro atoms. The van der Waals surface area contributed by atoms with E-state index in [-0.39, 0.29) is 17.0 Å². The zero-order chi connectivity index (χ0) is 12.4. The average molecular weight is 233 g/mol. The number of carboxylic acid groups (broad SMARTS) is 1. The quantitative estimate of drug-likeness (QED) is 0.853. The van der Waals surface area contributed by atoms with Crippen molar-refractivity contribution < 1.29 is 14.3 Å². The van der Waals surface area contributed by atoms with Gasteiger partial charge in [0.25, 0.3) is 0 Å². The van der Waals surface area contributed by atoms with Gasteiger partial charge in [0.2, 0.25) is 0 Å². The van der Waals surface area contributed by atoms with Gasteiger partial charge in [0.15, 0.2) is 5.82 Å². The number of rotatable bonds is 2. The van der Waals surface area contributed by atoms with Crippen molar-refractivity contribution in [2.75, 3.05) is 0 Å². The molecule has 1 aliphatic rings. The average Bonchev–Trinajstić information content (AvgIpc) is 2.81. The van der Waals surface area contributed by atoms with Gasteiger partial charge in [0.1, 0.15) is 6.07 Å². The van der Waals surface area contributed by atoms with E-state index in [0.717, 1.165) is 25.7 Å². The van der Waals surface area contributed by atoms with E-state index in [1.807, 2.05) is 0 Å². The van der Waals surface area contributed by atoms with Crippen LogP contribution in [0.15, 0.2) is 12.1 Å². The summed E-state index contributed by atoms with van der Waals surface area (Å²) in [6, 6.07) is 4.62. The highest BCUT2D eigenvalue weighted by atomic mass is 19.1. The largest absolute Gasteiger partial charge is 0.478 e. The van der Waals surface area contributed by atoms with Crippen LogP contribution in [0.4, 0.5) is 4.39 Å². The lowest BCUT2D eigenvalue weighted by atomic mass is 9.91. The van der Waals surface area contributed by atoms with Crippen LogP contribution >= 0.6 is 0 Å². The second kappa shape index (κ2) is 4.54. The molecule has 1 aromatic carbocycles. The third-order valence-corrected chi connectivity index (χ3v) is 3.30. The molecule has 0 radical (unpaired) electrons. The fourth-order valence-corrected chi connectivity index (χ4v) is 2.47. The van der Waals surface area contributed by atoms with Gasteiger partial charge in [0.05, 0.1) is 11.1 Å². The van der Waals surface area contributed by atoms with Gasteiger partial charge in [-0.3, -0.25) is 0 Å². The summed E-state index contributed by atoms with van der Waals surface area (Å²) in [4.78, 5) is 11.1. The maximum Gasteiger partial charge on any atom is 0.339 e. The van der Waals surface area contributed by atoms with Gasteiger partial charge < -0.3 is 5.11 Å². The first kappa shape index (κ1) is 11.6. The van der Waals surface area contributed by atoms with E-state index in [9.17, 15) is 9.18 Å². The van der Waals surface area contributed by atoms with E-state index in [0.29, 0.717) is 5.56 Å². The van der Waals surface area contributed by atoms with E-state index in [1.54, 1.807) is 12.1 Å². The first-order chi connectivity index (χ1) is 8.15. The third kappa shape index (κ3) is 2.01. The Morgan fingerprint density at radius 2 is 2.06 bits per heavy atom. The molecule has 88 valence electrons. The van der Waals surface area contributed by atoms with Crippen LogP contribution in [-0.4, -0.2) is 11.1 Å². The van der Waals surface area contributed by atoms with Gasteiger partial charge in [-0.05, 0) is 30.4 Å². The monoisotopic (exact) mass is 233 g/mol. The van der Waals surface area contributed by atoms with E-state index in [1.165, 1.54) is 6.07 Å². The van der Waals surface area contributed by atoms with Crippen molar-refractivity contribution in [2.45, 2.75) is 31.6 Å². The van der Waals surface area contributed by atoms with Crippen LogP contribution in [0.3, 0.4) is 0 Å². The van der Waals surface area contributed by atoms with Crippen molar-refractivity contribution in [3.63, 3.8) is 0 Å². The normalized spacial score (nSPS) is 15.8. The predicted molar refractivity (Wildman–Crippen MR) is 59.3 cm³/mol. The molecule has 4 heteroatoms. The van der Waals surface area contributed by atoms with Crippen molar-refractivity contribution in [2.24, 2.45) is 0 Å². The molecular weight excluding hydrogens is 221 g/mol. The van der Waals surface area contributed by atoms with Gasteiger partial charge in [0, 0.05) is 0 Å². The van der Waals surface area contributed by atoms with Crippen LogP contribution in [0.25, 0.3) is 0 Å². The Morgan fingerprint density at radius 3 is 2.59 bits per heavy atom. The van der Waals surface area contributed by atoms with Gasteiger partial charge in [-0.2, -0.15) is 5.26 Å². The lowest BCUT2D eigenvalue weighted by Gasteiger charge is -2.13. The van der Waals surface area contributed by atoms with Crippen LogP contribution in [0.2, 0.25) is 0 Å². The molecule has 0 saturated heterocycles. The molecule has 2 rings (SSSR count). The van der Waals surface area contributed by atoms with E-state index >= 15 is 0 Å². The maximum absolute atomic E-state index is 13.8.